The second-order valence-electron chi connectivity index (χ2n) is 16.4. The van der Waals surface area contributed by atoms with Crippen LogP contribution < -0.4 is 0 Å². The molecule has 2 unspecified atom stereocenters. The molecule has 324 valence electrons. The van der Waals surface area contributed by atoms with Crippen LogP contribution in [0.1, 0.15) is 56.2 Å². The first-order chi connectivity index (χ1) is 29.2. The van der Waals surface area contributed by atoms with Gasteiger partial charge in [-0.1, -0.05) is 96.1 Å². The zero-order valence-corrected chi connectivity index (χ0v) is 34.9. The third-order valence-electron chi connectivity index (χ3n) is 12.3. The fourth-order valence-electron chi connectivity index (χ4n) is 9.48. The van der Waals surface area contributed by atoms with Crippen molar-refractivity contribution in [1.29, 1.82) is 0 Å². The summed E-state index contributed by atoms with van der Waals surface area (Å²) in [4.78, 5) is 3.31. The second-order valence-corrected chi connectivity index (χ2v) is 16.4. The summed E-state index contributed by atoms with van der Waals surface area (Å²) in [5.74, 6) is -3.51. The molecule has 3 aromatic rings. The Hall–Kier alpha value is -3.51. The third-order valence-corrected chi connectivity index (χ3v) is 12.3. The van der Waals surface area contributed by atoms with E-state index >= 15 is 0 Å². The van der Waals surface area contributed by atoms with Gasteiger partial charge in [-0.15, -0.1) is 0 Å². The van der Waals surface area contributed by atoms with Gasteiger partial charge in [-0.2, -0.15) is 0 Å². The van der Waals surface area contributed by atoms with Crippen LogP contribution in [-0.4, -0.2) is 113 Å². The van der Waals surface area contributed by atoms with Crippen LogP contribution in [0.25, 0.3) is 10.4 Å². The van der Waals surface area contributed by atoms with Crippen LogP contribution in [0.3, 0.4) is 0 Å². The minimum absolute atomic E-state index is 0.103. The number of ether oxygens (including phenoxy) is 12. The largest absolute Gasteiger partial charge is 0.376 e. The van der Waals surface area contributed by atoms with Gasteiger partial charge in [-0.25, -0.2) is 0 Å². The van der Waals surface area contributed by atoms with Crippen molar-refractivity contribution in [1.82, 2.24) is 0 Å². The molecule has 13 atom stereocenters. The molecule has 5 fully saturated rings. The lowest BCUT2D eigenvalue weighted by Crippen LogP contribution is -2.77. The number of nitrogens with zero attached hydrogens (tertiary/aromatic N) is 3. The normalized spacial score (nSPS) is 37.0. The van der Waals surface area contributed by atoms with Crippen molar-refractivity contribution in [3.63, 3.8) is 0 Å². The van der Waals surface area contributed by atoms with Gasteiger partial charge < -0.3 is 56.8 Å². The van der Waals surface area contributed by atoms with E-state index in [0.717, 1.165) is 29.5 Å². The van der Waals surface area contributed by atoms with E-state index in [1.807, 2.05) is 105 Å². The van der Waals surface area contributed by atoms with Crippen molar-refractivity contribution in [2.75, 3.05) is 27.9 Å². The Morgan fingerprint density at radius 1 is 0.633 bits per heavy atom. The summed E-state index contributed by atoms with van der Waals surface area (Å²) in [6, 6.07) is 28.5. The van der Waals surface area contributed by atoms with Gasteiger partial charge in [-0.3, -0.25) is 0 Å². The molecule has 0 N–H and O–H groups in total. The molecule has 3 aliphatic heterocycles. The van der Waals surface area contributed by atoms with Crippen LogP contribution >= 0.6 is 0 Å². The molecule has 15 nitrogen and oxygen atoms in total. The van der Waals surface area contributed by atoms with Crippen LogP contribution in [-0.2, 0) is 76.7 Å². The first kappa shape index (κ1) is 43.2. The number of hydrogen-bond donors (Lipinski definition) is 0. The first-order valence-electron chi connectivity index (χ1n) is 20.8. The van der Waals surface area contributed by atoms with Crippen LogP contribution in [0.5, 0.6) is 0 Å². The highest BCUT2D eigenvalue weighted by atomic mass is 16.8. The summed E-state index contributed by atoms with van der Waals surface area (Å²) >= 11 is 0. The maximum Gasteiger partial charge on any atom is 0.223 e. The maximum atomic E-state index is 10.2. The summed E-state index contributed by atoms with van der Waals surface area (Å²) in [5, 5.41) is 4.33. The molecule has 0 amide bonds. The lowest BCUT2D eigenvalue weighted by molar-refractivity contribution is -0.491. The van der Waals surface area contributed by atoms with Crippen LogP contribution in [0.4, 0.5) is 0 Å². The van der Waals surface area contributed by atoms with E-state index in [4.69, 9.17) is 56.8 Å². The number of hydrogen-bond acceptors (Lipinski definition) is 13. The average Bonchev–Trinajstić information content (AvgIpc) is 3.60. The van der Waals surface area contributed by atoms with Gasteiger partial charge in [0.05, 0.1) is 26.4 Å². The first-order valence-corrected chi connectivity index (χ1v) is 20.8. The number of benzene rings is 3. The highest BCUT2D eigenvalue weighted by Gasteiger charge is 2.70. The van der Waals surface area contributed by atoms with Crippen molar-refractivity contribution in [2.24, 2.45) is 5.11 Å². The fraction of sp³-hybridized carbons (Fsp3) is 0.600. The molecular weight excluding hydrogens is 775 g/mol. The minimum Gasteiger partial charge on any atom is -0.376 e. The third kappa shape index (κ3) is 8.75. The molecule has 0 spiro atoms. The maximum absolute atomic E-state index is 10.2. The Morgan fingerprint density at radius 3 is 1.63 bits per heavy atom. The van der Waals surface area contributed by atoms with E-state index in [1.165, 1.54) is 0 Å². The number of fused-ring (bicyclic) bond motifs is 3. The molecular formula is C45H57N3O12. The van der Waals surface area contributed by atoms with Gasteiger partial charge in [0.25, 0.3) is 0 Å². The van der Waals surface area contributed by atoms with E-state index in [-0.39, 0.29) is 19.8 Å². The van der Waals surface area contributed by atoms with E-state index < -0.39 is 84.6 Å². The second kappa shape index (κ2) is 18.9. The molecule has 60 heavy (non-hydrogen) atoms. The molecule has 5 aliphatic rings. The topological polar surface area (TPSA) is 160 Å². The smallest absolute Gasteiger partial charge is 0.223 e. The van der Waals surface area contributed by atoms with Gasteiger partial charge in [-0.05, 0) is 48.9 Å². The van der Waals surface area contributed by atoms with Gasteiger partial charge >= 0.3 is 0 Å². The monoisotopic (exact) mass is 831 g/mol. The van der Waals surface area contributed by atoms with Gasteiger partial charge in [0.15, 0.2) is 12.1 Å². The standard InChI is InChI=1S/C45H57N3O12/c1-43(2)57-38-36(49-3)39-41(60-45(51-5)24-16-15-23-44(45,50-4)59-39)37(40(38)58-43)56-42-33(47-48-46)35(54-27-31-21-13-8-14-22-31)34(53-26-30-19-11-7-12-20-30)32(55-42)28-52-25-29-17-9-6-10-18-29/h6-14,17-22,32-42H,15-16,23-28H2,1-5H3/t32-,33-,34+,35-,36-,37+,38-,39+,40+,41+,42-,44?,45?/m1/s1. The number of rotatable bonds is 16. The molecule has 3 saturated heterocycles. The summed E-state index contributed by atoms with van der Waals surface area (Å²) in [6.45, 7) is 4.55. The lowest BCUT2D eigenvalue weighted by Gasteiger charge is -2.61. The Kier molecular flexibility index (Phi) is 13.6. The Labute approximate surface area is 351 Å². The Morgan fingerprint density at radius 2 is 1.12 bits per heavy atom. The van der Waals surface area contributed by atoms with Crippen molar-refractivity contribution < 1.29 is 56.8 Å². The summed E-state index contributed by atoms with van der Waals surface area (Å²) in [7, 11) is 4.82. The molecule has 15 heteroatoms. The van der Waals surface area contributed by atoms with Gasteiger partial charge in [0.1, 0.15) is 61.0 Å². The van der Waals surface area contributed by atoms with E-state index in [2.05, 4.69) is 10.0 Å². The van der Waals surface area contributed by atoms with E-state index in [0.29, 0.717) is 19.4 Å². The van der Waals surface area contributed by atoms with Crippen molar-refractivity contribution in [2.45, 2.75) is 144 Å². The summed E-state index contributed by atoms with van der Waals surface area (Å²) in [5.41, 5.74) is 13.1. The summed E-state index contributed by atoms with van der Waals surface area (Å²) in [6.07, 6.45) is -5.36. The quantitative estimate of drug-likeness (QED) is 0.0850. The molecule has 0 radical (unpaired) electrons. The van der Waals surface area contributed by atoms with Crippen LogP contribution in [0.2, 0.25) is 0 Å². The molecule has 3 heterocycles. The van der Waals surface area contributed by atoms with E-state index in [9.17, 15) is 5.53 Å². The van der Waals surface area contributed by atoms with Crippen LogP contribution in [0.15, 0.2) is 96.1 Å². The summed E-state index contributed by atoms with van der Waals surface area (Å²) < 4.78 is 79.8. The molecule has 0 bridgehead atoms. The highest BCUT2D eigenvalue weighted by molar-refractivity contribution is 5.17. The highest BCUT2D eigenvalue weighted by Crippen LogP contribution is 2.54. The average molecular weight is 832 g/mol. The molecule has 2 aliphatic carbocycles. The fourth-order valence-corrected chi connectivity index (χ4v) is 9.48. The van der Waals surface area contributed by atoms with Crippen molar-refractivity contribution >= 4 is 0 Å². The zero-order chi connectivity index (χ0) is 41.7. The van der Waals surface area contributed by atoms with Crippen molar-refractivity contribution in [3.8, 4) is 0 Å². The predicted octanol–water partition coefficient (Wildman–Crippen LogP) is 6.76. The van der Waals surface area contributed by atoms with Gasteiger partial charge in [0, 0.05) is 39.1 Å². The molecule has 0 aromatic heterocycles. The predicted molar refractivity (Wildman–Crippen MR) is 215 cm³/mol. The SMILES string of the molecule is CO[C@@H]1[C@H]2OC(C)(C)O[C@H]2[C@H](O[C@H]2O[C@H](COCc3ccccc3)[C@H](OCc3ccccc3)[C@H](OCc3ccccc3)[C@H]2N=[N+]=[N-])[C@@H]2OC3(OC)CCCCC3(OC)O[C@@H]12. The Bertz CT molecular complexity index is 1870. The number of azide groups is 1. The number of methoxy groups -OCH3 is 3. The van der Waals surface area contributed by atoms with Crippen LogP contribution in [0, 0.1) is 0 Å². The van der Waals surface area contributed by atoms with E-state index in [1.54, 1.807) is 21.3 Å². The lowest BCUT2D eigenvalue weighted by atomic mass is 9.79. The zero-order valence-electron chi connectivity index (χ0n) is 34.9. The molecule has 3 aromatic carbocycles. The minimum atomic E-state index is -1.27. The van der Waals surface area contributed by atoms with Crippen molar-refractivity contribution in [3.05, 3.63) is 118 Å². The Balaban J connectivity index is 1.17. The molecule has 8 rings (SSSR count). The van der Waals surface area contributed by atoms with Gasteiger partial charge in [0.2, 0.25) is 11.6 Å². The molecule has 2 saturated carbocycles.